The minimum Gasteiger partial charge on any atom is -0.0620 e. The maximum absolute atomic E-state index is 2.51. The topological polar surface area (TPSA) is 0 Å². The number of rotatable bonds is 0. The molecule has 88 valence electrons. The van der Waals surface area contributed by atoms with E-state index in [9.17, 15) is 0 Å². The van der Waals surface area contributed by atoms with Gasteiger partial charge in [-0.3, -0.25) is 0 Å². The van der Waals surface area contributed by atoms with E-state index >= 15 is 0 Å². The maximum atomic E-state index is 2.51. The molecule has 0 bridgehead atoms. The van der Waals surface area contributed by atoms with Crippen molar-refractivity contribution in [1.29, 1.82) is 0 Å². The van der Waals surface area contributed by atoms with Gasteiger partial charge in [-0.05, 0) is 53.8 Å². The first-order valence-electron chi connectivity index (χ1n) is 6.86. The van der Waals surface area contributed by atoms with Gasteiger partial charge in [0, 0.05) is 0 Å². The summed E-state index contributed by atoms with van der Waals surface area (Å²) in [5.74, 6) is 5.72. The molecule has 0 radical (unpaired) electrons. The van der Waals surface area contributed by atoms with E-state index in [0.29, 0.717) is 5.41 Å². The summed E-state index contributed by atoms with van der Waals surface area (Å²) in [6.45, 7) is 15.0. The third-order valence-corrected chi connectivity index (χ3v) is 6.22. The first-order valence-corrected chi connectivity index (χ1v) is 6.86. The molecule has 0 heteroatoms. The zero-order valence-electron chi connectivity index (χ0n) is 11.4. The molecule has 2 aliphatic rings. The van der Waals surface area contributed by atoms with E-state index < -0.39 is 0 Å². The Morgan fingerprint density at radius 1 is 0.800 bits per heavy atom. The Bertz CT molecular complexity index is 240. The van der Waals surface area contributed by atoms with Gasteiger partial charge in [-0.15, -0.1) is 0 Å². The first-order chi connectivity index (χ1) is 6.86. The summed E-state index contributed by atoms with van der Waals surface area (Å²) in [6.07, 6.45) is 2.94. The van der Waals surface area contributed by atoms with Crippen molar-refractivity contribution in [3.05, 3.63) is 0 Å². The average molecular weight is 208 g/mol. The summed E-state index contributed by atoms with van der Waals surface area (Å²) in [5.41, 5.74) is 0.604. The molecule has 0 aliphatic heterocycles. The van der Waals surface area contributed by atoms with Gasteiger partial charge in [-0.25, -0.2) is 0 Å². The Kier molecular flexibility index (Phi) is 2.68. The van der Waals surface area contributed by atoms with E-state index in [2.05, 4.69) is 41.5 Å². The first kappa shape index (κ1) is 11.5. The summed E-state index contributed by atoms with van der Waals surface area (Å²) in [6, 6.07) is 0. The fourth-order valence-corrected chi connectivity index (χ4v) is 4.83. The third-order valence-electron chi connectivity index (χ3n) is 6.22. The van der Waals surface area contributed by atoms with Gasteiger partial charge in [-0.1, -0.05) is 41.5 Å². The van der Waals surface area contributed by atoms with Crippen molar-refractivity contribution in [3.8, 4) is 0 Å². The SMILES string of the molecule is CC1C(C)C(C)C2C(CCC2(C)C)C1C. The standard InChI is InChI=1S/C15H28/c1-9-10(2)12(4)14-13(11(9)3)7-8-15(14,5)6/h9-14H,7-8H2,1-6H3. The molecule has 0 aromatic heterocycles. The Morgan fingerprint density at radius 3 is 1.93 bits per heavy atom. The van der Waals surface area contributed by atoms with Crippen LogP contribution in [0.2, 0.25) is 0 Å². The lowest BCUT2D eigenvalue weighted by atomic mass is 9.56. The fourth-order valence-electron chi connectivity index (χ4n) is 4.83. The molecule has 15 heavy (non-hydrogen) atoms. The molecule has 2 aliphatic carbocycles. The predicted molar refractivity (Wildman–Crippen MR) is 66.7 cm³/mol. The Balaban J connectivity index is 2.29. The quantitative estimate of drug-likeness (QED) is 0.546. The maximum Gasteiger partial charge on any atom is -0.0303 e. The van der Waals surface area contributed by atoms with Crippen LogP contribution in [0.1, 0.15) is 54.4 Å². The van der Waals surface area contributed by atoms with Crippen LogP contribution >= 0.6 is 0 Å². The molecule has 2 saturated carbocycles. The van der Waals surface area contributed by atoms with Crippen LogP contribution in [-0.2, 0) is 0 Å². The van der Waals surface area contributed by atoms with Crippen LogP contribution < -0.4 is 0 Å². The van der Waals surface area contributed by atoms with Gasteiger partial charge in [0.15, 0.2) is 0 Å². The second-order valence-electron chi connectivity index (χ2n) is 7.15. The number of hydrogen-bond acceptors (Lipinski definition) is 0. The summed E-state index contributed by atoms with van der Waals surface area (Å²) < 4.78 is 0. The Hall–Kier alpha value is 0. The molecule has 6 unspecified atom stereocenters. The van der Waals surface area contributed by atoms with Gasteiger partial charge in [0.1, 0.15) is 0 Å². The highest BCUT2D eigenvalue weighted by Crippen LogP contribution is 2.59. The monoisotopic (exact) mass is 208 g/mol. The normalized spacial score (nSPS) is 54.0. The lowest BCUT2D eigenvalue weighted by molar-refractivity contribution is -0.0109. The molecule has 0 nitrogen and oxygen atoms in total. The van der Waals surface area contributed by atoms with Crippen LogP contribution in [0, 0.1) is 40.9 Å². The highest BCUT2D eigenvalue weighted by atomic mass is 14.6. The van der Waals surface area contributed by atoms with Crippen LogP contribution in [0.15, 0.2) is 0 Å². The fraction of sp³-hybridized carbons (Fsp3) is 1.00. The van der Waals surface area contributed by atoms with Crippen molar-refractivity contribution in [3.63, 3.8) is 0 Å². The van der Waals surface area contributed by atoms with Crippen LogP contribution in [0.3, 0.4) is 0 Å². The van der Waals surface area contributed by atoms with E-state index in [1.807, 2.05) is 0 Å². The van der Waals surface area contributed by atoms with Gasteiger partial charge >= 0.3 is 0 Å². The van der Waals surface area contributed by atoms with E-state index in [1.165, 1.54) is 12.8 Å². The molecule has 0 heterocycles. The number of hydrogen-bond donors (Lipinski definition) is 0. The molecule has 2 fully saturated rings. The van der Waals surface area contributed by atoms with Crippen molar-refractivity contribution in [2.75, 3.05) is 0 Å². The summed E-state index contributed by atoms with van der Waals surface area (Å²) in [4.78, 5) is 0. The molecule has 0 spiro atoms. The van der Waals surface area contributed by atoms with Gasteiger partial charge in [0.2, 0.25) is 0 Å². The lowest BCUT2D eigenvalue weighted by Crippen LogP contribution is -2.44. The molecule has 0 amide bonds. The largest absolute Gasteiger partial charge is 0.0620 e. The molecule has 0 aromatic rings. The van der Waals surface area contributed by atoms with Crippen molar-refractivity contribution >= 4 is 0 Å². The molecular weight excluding hydrogens is 180 g/mol. The molecule has 0 saturated heterocycles. The van der Waals surface area contributed by atoms with E-state index in [1.54, 1.807) is 0 Å². The van der Waals surface area contributed by atoms with Crippen LogP contribution in [-0.4, -0.2) is 0 Å². The van der Waals surface area contributed by atoms with E-state index in [4.69, 9.17) is 0 Å². The Morgan fingerprint density at radius 2 is 1.33 bits per heavy atom. The average Bonchev–Trinajstić information content (AvgIpc) is 2.48. The predicted octanol–water partition coefficient (Wildman–Crippen LogP) is 4.60. The summed E-state index contributed by atoms with van der Waals surface area (Å²) in [5, 5.41) is 0. The third kappa shape index (κ3) is 1.56. The van der Waals surface area contributed by atoms with Crippen molar-refractivity contribution in [1.82, 2.24) is 0 Å². The molecule has 2 rings (SSSR count). The molecule has 6 atom stereocenters. The van der Waals surface area contributed by atoms with Crippen molar-refractivity contribution in [2.24, 2.45) is 40.9 Å². The molecule has 0 N–H and O–H groups in total. The van der Waals surface area contributed by atoms with Crippen LogP contribution in [0.4, 0.5) is 0 Å². The van der Waals surface area contributed by atoms with Gasteiger partial charge in [0.05, 0.1) is 0 Å². The lowest BCUT2D eigenvalue weighted by Gasteiger charge is -2.49. The molecular formula is C15H28. The van der Waals surface area contributed by atoms with Crippen LogP contribution in [0.5, 0.6) is 0 Å². The highest BCUT2D eigenvalue weighted by molar-refractivity contribution is 5.01. The van der Waals surface area contributed by atoms with Gasteiger partial charge in [0.25, 0.3) is 0 Å². The zero-order valence-corrected chi connectivity index (χ0v) is 11.4. The van der Waals surface area contributed by atoms with Crippen molar-refractivity contribution < 1.29 is 0 Å². The highest BCUT2D eigenvalue weighted by Gasteiger charge is 2.52. The zero-order chi connectivity index (χ0) is 11.4. The number of fused-ring (bicyclic) bond motifs is 1. The minimum atomic E-state index is 0.604. The van der Waals surface area contributed by atoms with Gasteiger partial charge < -0.3 is 0 Å². The Labute approximate surface area is 95.8 Å². The minimum absolute atomic E-state index is 0.604. The smallest absolute Gasteiger partial charge is 0.0303 e. The van der Waals surface area contributed by atoms with Crippen molar-refractivity contribution in [2.45, 2.75) is 54.4 Å². The summed E-state index contributed by atoms with van der Waals surface area (Å²) in [7, 11) is 0. The second-order valence-corrected chi connectivity index (χ2v) is 7.15. The van der Waals surface area contributed by atoms with Crippen LogP contribution in [0.25, 0.3) is 0 Å². The molecule has 0 aromatic carbocycles. The van der Waals surface area contributed by atoms with E-state index in [0.717, 1.165) is 35.5 Å². The second kappa shape index (κ2) is 3.50. The van der Waals surface area contributed by atoms with Gasteiger partial charge in [-0.2, -0.15) is 0 Å². The summed E-state index contributed by atoms with van der Waals surface area (Å²) >= 11 is 0. The van der Waals surface area contributed by atoms with E-state index in [-0.39, 0.29) is 0 Å².